The Morgan fingerprint density at radius 1 is 0.966 bits per heavy atom. The zero-order valence-electron chi connectivity index (χ0n) is 17.3. The van der Waals surface area contributed by atoms with E-state index in [4.69, 9.17) is 16.6 Å². The number of carboxylic acid groups (broad SMARTS) is 1. The van der Waals surface area contributed by atoms with Crippen molar-refractivity contribution in [1.82, 2.24) is 16.0 Å². The molecule has 0 aliphatic heterocycles. The molecule has 29 heavy (non-hydrogen) atoms. The molecule has 0 rings (SSSR count). The Morgan fingerprint density at radius 2 is 1.59 bits per heavy atom. The van der Waals surface area contributed by atoms with Crippen molar-refractivity contribution >= 4 is 23.7 Å². The number of amides is 3. The van der Waals surface area contributed by atoms with Crippen molar-refractivity contribution < 1.29 is 29.4 Å². The molecule has 0 aromatic rings. The van der Waals surface area contributed by atoms with E-state index in [1.807, 2.05) is 13.8 Å². The van der Waals surface area contributed by atoms with Crippen LogP contribution < -0.4 is 27.4 Å². The van der Waals surface area contributed by atoms with Gasteiger partial charge < -0.3 is 37.6 Å². The summed E-state index contributed by atoms with van der Waals surface area (Å²) in [6.45, 7) is 4.88. The van der Waals surface area contributed by atoms with Gasteiger partial charge in [-0.1, -0.05) is 20.3 Å². The molecule has 0 saturated carbocycles. The lowest BCUT2D eigenvalue weighted by Gasteiger charge is -2.26. The molecule has 9 N–H and O–H groups in total. The Hall–Kier alpha value is -2.24. The number of carbonyl (C=O) groups is 4. The molecule has 3 amide bonds. The molecule has 168 valence electrons. The molecule has 11 nitrogen and oxygen atoms in total. The first-order valence-electron chi connectivity index (χ1n) is 9.73. The molecule has 0 radical (unpaired) electrons. The molecule has 0 aliphatic carbocycles. The van der Waals surface area contributed by atoms with Crippen molar-refractivity contribution in [3.63, 3.8) is 0 Å². The Labute approximate surface area is 171 Å². The van der Waals surface area contributed by atoms with Crippen LogP contribution in [0.3, 0.4) is 0 Å². The molecule has 0 aromatic carbocycles. The first kappa shape index (κ1) is 26.8. The Balaban J connectivity index is 5.06. The lowest BCUT2D eigenvalue weighted by molar-refractivity contribution is -0.139. The fourth-order valence-corrected chi connectivity index (χ4v) is 2.56. The van der Waals surface area contributed by atoms with Gasteiger partial charge in [-0.2, -0.15) is 0 Å². The maximum absolute atomic E-state index is 12.6. The van der Waals surface area contributed by atoms with Crippen LogP contribution in [0.2, 0.25) is 0 Å². The molecule has 11 heteroatoms. The van der Waals surface area contributed by atoms with Crippen LogP contribution in [0.5, 0.6) is 0 Å². The Morgan fingerprint density at radius 3 is 2.07 bits per heavy atom. The molecular weight excluding hydrogens is 382 g/mol. The number of aliphatic hydroxyl groups is 1. The van der Waals surface area contributed by atoms with E-state index in [0.29, 0.717) is 25.8 Å². The third-order valence-corrected chi connectivity index (χ3v) is 4.12. The van der Waals surface area contributed by atoms with Gasteiger partial charge in [-0.05, 0) is 38.6 Å². The van der Waals surface area contributed by atoms with E-state index < -0.39 is 54.5 Å². The number of unbranched alkanes of at least 4 members (excludes halogenated alkanes) is 1. The van der Waals surface area contributed by atoms with Crippen LogP contribution in [0.1, 0.15) is 46.5 Å². The predicted molar refractivity (Wildman–Crippen MR) is 107 cm³/mol. The first-order valence-corrected chi connectivity index (χ1v) is 9.73. The third-order valence-electron chi connectivity index (χ3n) is 4.12. The highest BCUT2D eigenvalue weighted by Crippen LogP contribution is 2.07. The lowest BCUT2D eigenvalue weighted by atomic mass is 10.0. The number of hydrogen-bond donors (Lipinski definition) is 7. The Kier molecular flexibility index (Phi) is 12.8. The number of hydrogen-bond acceptors (Lipinski definition) is 7. The number of aliphatic carboxylic acids is 1. The highest BCUT2D eigenvalue weighted by Gasteiger charge is 2.31. The minimum absolute atomic E-state index is 0.0198. The smallest absolute Gasteiger partial charge is 0.322 e. The third kappa shape index (κ3) is 11.4. The van der Waals surface area contributed by atoms with Crippen molar-refractivity contribution in [3.05, 3.63) is 0 Å². The quantitative estimate of drug-likeness (QED) is 0.158. The van der Waals surface area contributed by atoms with Crippen molar-refractivity contribution in [3.8, 4) is 0 Å². The van der Waals surface area contributed by atoms with E-state index in [9.17, 15) is 24.3 Å². The summed E-state index contributed by atoms with van der Waals surface area (Å²) >= 11 is 0. The van der Waals surface area contributed by atoms with Crippen LogP contribution in [0.4, 0.5) is 0 Å². The number of carbonyl (C=O) groups excluding carboxylic acids is 3. The maximum Gasteiger partial charge on any atom is 0.322 e. The minimum atomic E-state index is -1.31. The van der Waals surface area contributed by atoms with Gasteiger partial charge in [0.15, 0.2) is 0 Å². The van der Waals surface area contributed by atoms with E-state index in [0.717, 1.165) is 0 Å². The van der Waals surface area contributed by atoms with E-state index >= 15 is 0 Å². The summed E-state index contributed by atoms with van der Waals surface area (Å²) in [4.78, 5) is 47.7. The summed E-state index contributed by atoms with van der Waals surface area (Å²) < 4.78 is 0. The fourth-order valence-electron chi connectivity index (χ4n) is 2.56. The standard InChI is InChI=1S/C18H35N5O6/c1-10(2)8-13(17(28)21-9-14(25)26)22-18(29)15(11(3)24)23-16(27)12(20)6-4-5-7-19/h10-13,15,24H,4-9,19-20H2,1-3H3,(H,21,28)(H,22,29)(H,23,27)(H,25,26). The number of nitrogens with one attached hydrogen (secondary N) is 3. The van der Waals surface area contributed by atoms with Crippen LogP contribution in [0, 0.1) is 5.92 Å². The normalized spacial score (nSPS) is 15.1. The molecular formula is C18H35N5O6. The van der Waals surface area contributed by atoms with Crippen LogP contribution in [-0.2, 0) is 19.2 Å². The van der Waals surface area contributed by atoms with Gasteiger partial charge in [-0.25, -0.2) is 0 Å². The summed E-state index contributed by atoms with van der Waals surface area (Å²) in [6.07, 6.45) is 0.749. The largest absolute Gasteiger partial charge is 0.480 e. The molecule has 0 heterocycles. The van der Waals surface area contributed by atoms with Gasteiger partial charge in [0, 0.05) is 0 Å². The number of aliphatic hydroxyl groups excluding tert-OH is 1. The van der Waals surface area contributed by atoms with Crippen LogP contribution >= 0.6 is 0 Å². The summed E-state index contributed by atoms with van der Waals surface area (Å²) in [5.74, 6) is -3.22. The lowest BCUT2D eigenvalue weighted by Crippen LogP contribution is -2.59. The van der Waals surface area contributed by atoms with Gasteiger partial charge in [0.2, 0.25) is 17.7 Å². The number of rotatable bonds is 14. The first-order chi connectivity index (χ1) is 13.5. The maximum atomic E-state index is 12.6. The van der Waals surface area contributed by atoms with E-state index in [1.54, 1.807) is 0 Å². The van der Waals surface area contributed by atoms with E-state index in [2.05, 4.69) is 16.0 Å². The minimum Gasteiger partial charge on any atom is -0.480 e. The highest BCUT2D eigenvalue weighted by molar-refractivity contribution is 5.93. The second-order valence-electron chi connectivity index (χ2n) is 7.42. The Bertz CT molecular complexity index is 555. The zero-order chi connectivity index (χ0) is 22.6. The molecule has 4 atom stereocenters. The molecule has 0 aromatic heterocycles. The molecule has 0 spiro atoms. The highest BCUT2D eigenvalue weighted by atomic mass is 16.4. The molecule has 4 unspecified atom stereocenters. The molecule has 0 fully saturated rings. The average Bonchev–Trinajstić information content (AvgIpc) is 2.62. The topological polar surface area (TPSA) is 197 Å². The fraction of sp³-hybridized carbons (Fsp3) is 0.778. The second kappa shape index (κ2) is 13.9. The summed E-state index contributed by atoms with van der Waals surface area (Å²) in [7, 11) is 0. The van der Waals surface area contributed by atoms with E-state index in [1.165, 1.54) is 6.92 Å². The van der Waals surface area contributed by atoms with Gasteiger partial charge >= 0.3 is 5.97 Å². The van der Waals surface area contributed by atoms with Crippen LogP contribution in [-0.4, -0.2) is 71.2 Å². The molecule has 0 aliphatic rings. The van der Waals surface area contributed by atoms with Gasteiger partial charge in [0.1, 0.15) is 18.6 Å². The predicted octanol–water partition coefficient (Wildman–Crippen LogP) is -1.96. The van der Waals surface area contributed by atoms with Gasteiger partial charge in [-0.3, -0.25) is 19.2 Å². The zero-order valence-corrected chi connectivity index (χ0v) is 17.3. The average molecular weight is 418 g/mol. The van der Waals surface area contributed by atoms with Crippen molar-refractivity contribution in [1.29, 1.82) is 0 Å². The SMILES string of the molecule is CC(C)CC(NC(=O)C(NC(=O)C(N)CCCCN)C(C)O)C(=O)NCC(=O)O. The van der Waals surface area contributed by atoms with Gasteiger partial charge in [-0.15, -0.1) is 0 Å². The van der Waals surface area contributed by atoms with Crippen LogP contribution in [0.15, 0.2) is 0 Å². The number of carboxylic acids is 1. The summed E-state index contributed by atoms with van der Waals surface area (Å²) in [5.41, 5.74) is 11.2. The molecule has 0 bridgehead atoms. The van der Waals surface area contributed by atoms with Gasteiger partial charge in [0.25, 0.3) is 0 Å². The van der Waals surface area contributed by atoms with Crippen molar-refractivity contribution in [2.45, 2.75) is 70.7 Å². The van der Waals surface area contributed by atoms with E-state index in [-0.39, 0.29) is 12.3 Å². The summed E-state index contributed by atoms with van der Waals surface area (Å²) in [5, 5.41) is 25.7. The summed E-state index contributed by atoms with van der Waals surface area (Å²) in [6, 6.07) is -3.19. The molecule has 0 saturated heterocycles. The van der Waals surface area contributed by atoms with Crippen molar-refractivity contribution in [2.24, 2.45) is 17.4 Å². The van der Waals surface area contributed by atoms with Crippen LogP contribution in [0.25, 0.3) is 0 Å². The second-order valence-corrected chi connectivity index (χ2v) is 7.42. The van der Waals surface area contributed by atoms with Crippen molar-refractivity contribution in [2.75, 3.05) is 13.1 Å². The van der Waals surface area contributed by atoms with Gasteiger partial charge in [0.05, 0.1) is 12.1 Å². The monoisotopic (exact) mass is 417 g/mol. The number of nitrogens with two attached hydrogens (primary N) is 2.